The summed E-state index contributed by atoms with van der Waals surface area (Å²) in [4.78, 5) is 11.7. The van der Waals surface area contributed by atoms with Crippen LogP contribution < -0.4 is 5.32 Å². The zero-order valence-corrected chi connectivity index (χ0v) is 10.5. The summed E-state index contributed by atoms with van der Waals surface area (Å²) >= 11 is 1.31. The molecule has 1 heterocycles. The Labute approximate surface area is 104 Å². The number of carbonyl (C=O) groups excluding carboxylic acids is 1. The fraction of sp³-hybridized carbons (Fsp3) is 0.250. The van der Waals surface area contributed by atoms with Crippen LogP contribution in [0.25, 0.3) is 0 Å². The van der Waals surface area contributed by atoms with Crippen LogP contribution in [-0.2, 0) is 11.2 Å². The third-order valence-corrected chi connectivity index (χ3v) is 3.15. The molecule has 88 valence electrons. The minimum atomic E-state index is -0.0648. The van der Waals surface area contributed by atoms with Crippen molar-refractivity contribution >= 4 is 22.4 Å². The van der Waals surface area contributed by atoms with Crippen molar-refractivity contribution in [3.63, 3.8) is 0 Å². The van der Waals surface area contributed by atoms with Crippen LogP contribution in [0.3, 0.4) is 0 Å². The van der Waals surface area contributed by atoms with E-state index in [1.54, 1.807) is 5.51 Å². The average Bonchev–Trinajstić information content (AvgIpc) is 2.76. The highest BCUT2D eigenvalue weighted by Gasteiger charge is 2.06. The number of aryl methyl sites for hydroxylation is 2. The highest BCUT2D eigenvalue weighted by molar-refractivity contribution is 7.13. The SMILES string of the molecule is Cc1ccc(CC(=O)Nc2nncs2)cc1C. The van der Waals surface area contributed by atoms with Crippen molar-refractivity contribution in [1.29, 1.82) is 0 Å². The second kappa shape index (κ2) is 5.05. The van der Waals surface area contributed by atoms with Crippen molar-refractivity contribution in [2.24, 2.45) is 0 Å². The lowest BCUT2D eigenvalue weighted by Gasteiger charge is -2.04. The summed E-state index contributed by atoms with van der Waals surface area (Å²) in [5.74, 6) is -0.0648. The predicted octanol–water partition coefficient (Wildman–Crippen LogP) is 2.34. The Morgan fingerprint density at radius 3 is 2.82 bits per heavy atom. The third kappa shape index (κ3) is 3.10. The molecule has 1 aromatic carbocycles. The lowest BCUT2D eigenvalue weighted by molar-refractivity contribution is -0.115. The molecule has 0 aliphatic carbocycles. The molecule has 1 aromatic heterocycles. The molecule has 0 spiro atoms. The van der Waals surface area contributed by atoms with Gasteiger partial charge < -0.3 is 5.32 Å². The van der Waals surface area contributed by atoms with Gasteiger partial charge in [0.1, 0.15) is 5.51 Å². The van der Waals surface area contributed by atoms with Crippen molar-refractivity contribution in [3.05, 3.63) is 40.4 Å². The van der Waals surface area contributed by atoms with Crippen molar-refractivity contribution in [2.75, 3.05) is 5.32 Å². The van der Waals surface area contributed by atoms with E-state index < -0.39 is 0 Å². The van der Waals surface area contributed by atoms with Crippen molar-refractivity contribution < 1.29 is 4.79 Å². The molecule has 1 amide bonds. The number of nitrogens with one attached hydrogen (secondary N) is 1. The zero-order valence-electron chi connectivity index (χ0n) is 9.73. The Balaban J connectivity index is 2.00. The average molecular weight is 247 g/mol. The second-order valence-corrected chi connectivity index (χ2v) is 4.72. The van der Waals surface area contributed by atoms with Gasteiger partial charge in [0.25, 0.3) is 0 Å². The summed E-state index contributed by atoms with van der Waals surface area (Å²) < 4.78 is 0. The van der Waals surface area contributed by atoms with Crippen LogP contribution in [-0.4, -0.2) is 16.1 Å². The van der Waals surface area contributed by atoms with E-state index in [0.29, 0.717) is 11.6 Å². The van der Waals surface area contributed by atoms with Crippen LogP contribution in [0.5, 0.6) is 0 Å². The van der Waals surface area contributed by atoms with Gasteiger partial charge in [0.05, 0.1) is 6.42 Å². The normalized spacial score (nSPS) is 10.2. The molecule has 0 aliphatic rings. The topological polar surface area (TPSA) is 54.9 Å². The van der Waals surface area contributed by atoms with Gasteiger partial charge in [0, 0.05) is 0 Å². The second-order valence-electron chi connectivity index (χ2n) is 3.89. The molecule has 5 heteroatoms. The molecule has 0 radical (unpaired) electrons. The van der Waals surface area contributed by atoms with E-state index in [0.717, 1.165) is 5.56 Å². The molecule has 0 saturated heterocycles. The van der Waals surface area contributed by atoms with Gasteiger partial charge in [-0.1, -0.05) is 29.5 Å². The molecule has 0 atom stereocenters. The summed E-state index contributed by atoms with van der Waals surface area (Å²) in [6, 6.07) is 6.04. The first kappa shape index (κ1) is 11.7. The van der Waals surface area contributed by atoms with Gasteiger partial charge >= 0.3 is 0 Å². The molecule has 0 fully saturated rings. The summed E-state index contributed by atoms with van der Waals surface area (Å²) in [6.07, 6.45) is 0.362. The van der Waals surface area contributed by atoms with Gasteiger partial charge in [-0.25, -0.2) is 0 Å². The van der Waals surface area contributed by atoms with Crippen molar-refractivity contribution in [3.8, 4) is 0 Å². The first-order valence-corrected chi connectivity index (χ1v) is 6.15. The molecular formula is C12H13N3OS. The molecule has 1 N–H and O–H groups in total. The van der Waals surface area contributed by atoms with E-state index in [1.165, 1.54) is 22.5 Å². The van der Waals surface area contributed by atoms with E-state index in [2.05, 4.69) is 22.4 Å². The number of nitrogens with zero attached hydrogens (tertiary/aromatic N) is 2. The minimum absolute atomic E-state index is 0.0648. The smallest absolute Gasteiger partial charge is 0.230 e. The lowest BCUT2D eigenvalue weighted by atomic mass is 10.0. The van der Waals surface area contributed by atoms with Gasteiger partial charge in [-0.15, -0.1) is 10.2 Å². The quantitative estimate of drug-likeness (QED) is 0.905. The Kier molecular flexibility index (Phi) is 3.49. The fourth-order valence-corrected chi connectivity index (χ4v) is 1.95. The van der Waals surface area contributed by atoms with Crippen molar-refractivity contribution in [1.82, 2.24) is 10.2 Å². The van der Waals surface area contributed by atoms with Crippen LogP contribution in [0, 0.1) is 13.8 Å². The van der Waals surface area contributed by atoms with Gasteiger partial charge in [0.15, 0.2) is 0 Å². The highest BCUT2D eigenvalue weighted by Crippen LogP contribution is 2.12. The Morgan fingerprint density at radius 2 is 2.18 bits per heavy atom. The molecule has 17 heavy (non-hydrogen) atoms. The van der Waals surface area contributed by atoms with Crippen molar-refractivity contribution in [2.45, 2.75) is 20.3 Å². The molecule has 0 aliphatic heterocycles. The number of hydrogen-bond acceptors (Lipinski definition) is 4. The standard InChI is InChI=1S/C12H13N3OS/c1-8-3-4-10(5-9(8)2)6-11(16)14-12-15-13-7-17-12/h3-5,7H,6H2,1-2H3,(H,14,15,16). The van der Waals surface area contributed by atoms with E-state index in [-0.39, 0.29) is 5.91 Å². The molecule has 0 unspecified atom stereocenters. The molecular weight excluding hydrogens is 234 g/mol. The molecule has 2 aromatic rings. The maximum Gasteiger partial charge on any atom is 0.230 e. The maximum atomic E-state index is 11.7. The lowest BCUT2D eigenvalue weighted by Crippen LogP contribution is -2.14. The number of anilines is 1. The van der Waals surface area contributed by atoms with Crippen LogP contribution in [0.4, 0.5) is 5.13 Å². The largest absolute Gasteiger partial charge is 0.300 e. The highest BCUT2D eigenvalue weighted by atomic mass is 32.1. The monoisotopic (exact) mass is 247 g/mol. The van der Waals surface area contributed by atoms with E-state index in [1.807, 2.05) is 25.1 Å². The number of carbonyl (C=O) groups is 1. The summed E-state index contributed by atoms with van der Waals surface area (Å²) in [5, 5.41) is 10.7. The minimum Gasteiger partial charge on any atom is -0.300 e. The number of rotatable bonds is 3. The Hall–Kier alpha value is -1.75. The number of aromatic nitrogens is 2. The summed E-state index contributed by atoms with van der Waals surface area (Å²) in [7, 11) is 0. The van der Waals surface area contributed by atoms with E-state index in [4.69, 9.17) is 0 Å². The van der Waals surface area contributed by atoms with E-state index in [9.17, 15) is 4.79 Å². The first-order valence-electron chi connectivity index (χ1n) is 5.27. The Bertz CT molecular complexity index is 523. The van der Waals surface area contributed by atoms with Gasteiger partial charge in [-0.3, -0.25) is 4.79 Å². The zero-order chi connectivity index (χ0) is 12.3. The van der Waals surface area contributed by atoms with Crippen LogP contribution in [0.1, 0.15) is 16.7 Å². The number of hydrogen-bond donors (Lipinski definition) is 1. The number of amides is 1. The molecule has 4 nitrogen and oxygen atoms in total. The van der Waals surface area contributed by atoms with Gasteiger partial charge in [-0.2, -0.15) is 0 Å². The molecule has 0 saturated carbocycles. The van der Waals surface area contributed by atoms with Crippen LogP contribution >= 0.6 is 11.3 Å². The fourth-order valence-electron chi connectivity index (χ4n) is 1.49. The van der Waals surface area contributed by atoms with Gasteiger partial charge in [0.2, 0.25) is 11.0 Å². The number of benzene rings is 1. The van der Waals surface area contributed by atoms with Crippen LogP contribution in [0.15, 0.2) is 23.7 Å². The summed E-state index contributed by atoms with van der Waals surface area (Å²) in [6.45, 7) is 4.10. The molecule has 0 bridgehead atoms. The van der Waals surface area contributed by atoms with Gasteiger partial charge in [-0.05, 0) is 30.5 Å². The first-order chi connectivity index (χ1) is 8.15. The van der Waals surface area contributed by atoms with Crippen LogP contribution in [0.2, 0.25) is 0 Å². The predicted molar refractivity (Wildman–Crippen MR) is 68.2 cm³/mol. The summed E-state index contributed by atoms with van der Waals surface area (Å²) in [5.41, 5.74) is 5.03. The maximum absolute atomic E-state index is 11.7. The molecule has 2 rings (SSSR count). The third-order valence-electron chi connectivity index (χ3n) is 2.54. The Morgan fingerprint density at radius 1 is 1.35 bits per heavy atom. The van der Waals surface area contributed by atoms with E-state index >= 15 is 0 Å².